The summed E-state index contributed by atoms with van der Waals surface area (Å²) in [5.74, 6) is 1.09. The maximum absolute atomic E-state index is 10.2. The molecule has 0 aliphatic carbocycles. The number of aliphatic hydroxyl groups is 1. The second-order valence-electron chi connectivity index (χ2n) is 5.51. The van der Waals surface area contributed by atoms with Crippen molar-refractivity contribution < 1.29 is 5.11 Å². The summed E-state index contributed by atoms with van der Waals surface area (Å²) in [6, 6.07) is 10.9. The molecule has 2 nitrogen and oxygen atoms in total. The summed E-state index contributed by atoms with van der Waals surface area (Å²) in [5.41, 5.74) is -0.575. The molecule has 1 aromatic rings. The van der Waals surface area contributed by atoms with Gasteiger partial charge >= 0.3 is 0 Å². The van der Waals surface area contributed by atoms with Crippen LogP contribution in [0.3, 0.4) is 0 Å². The lowest BCUT2D eigenvalue weighted by Gasteiger charge is -2.33. The molecule has 100 valence electrons. The monoisotopic (exact) mass is 265 g/mol. The predicted octanol–water partition coefficient (Wildman–Crippen LogP) is 3.01. The van der Waals surface area contributed by atoms with Crippen LogP contribution in [0.25, 0.3) is 0 Å². The van der Waals surface area contributed by atoms with Gasteiger partial charge in [-0.15, -0.1) is 11.8 Å². The first kappa shape index (κ1) is 13.9. The third-order valence-corrected chi connectivity index (χ3v) is 4.56. The van der Waals surface area contributed by atoms with E-state index in [4.69, 9.17) is 0 Å². The summed E-state index contributed by atoms with van der Waals surface area (Å²) in [6.07, 6.45) is 2.34. The van der Waals surface area contributed by atoms with Gasteiger partial charge in [-0.25, -0.2) is 0 Å². The van der Waals surface area contributed by atoms with E-state index < -0.39 is 5.60 Å². The molecule has 1 atom stereocenters. The van der Waals surface area contributed by atoms with E-state index in [1.807, 2.05) is 25.6 Å². The van der Waals surface area contributed by atoms with Crippen LogP contribution in [0.1, 0.15) is 26.7 Å². The smallest absolute Gasteiger partial charge is 0.0746 e. The van der Waals surface area contributed by atoms with Gasteiger partial charge in [0.15, 0.2) is 0 Å². The van der Waals surface area contributed by atoms with E-state index in [0.717, 1.165) is 25.3 Å². The fourth-order valence-electron chi connectivity index (χ4n) is 2.69. The number of hydrogen-bond acceptors (Lipinski definition) is 3. The molecular weight excluding hydrogens is 242 g/mol. The molecular formula is C15H23NOS. The van der Waals surface area contributed by atoms with Gasteiger partial charge in [0.05, 0.1) is 5.60 Å². The lowest BCUT2D eigenvalue weighted by Crippen LogP contribution is -2.46. The highest BCUT2D eigenvalue weighted by Gasteiger charge is 2.35. The van der Waals surface area contributed by atoms with Gasteiger partial charge in [-0.3, -0.25) is 4.90 Å². The minimum atomic E-state index is -0.575. The molecule has 18 heavy (non-hydrogen) atoms. The maximum atomic E-state index is 10.2. The van der Waals surface area contributed by atoms with Gasteiger partial charge < -0.3 is 5.11 Å². The first-order chi connectivity index (χ1) is 8.57. The van der Waals surface area contributed by atoms with Gasteiger partial charge in [-0.1, -0.05) is 18.2 Å². The summed E-state index contributed by atoms with van der Waals surface area (Å²) in [4.78, 5) is 3.77. The van der Waals surface area contributed by atoms with Crippen LogP contribution in [-0.4, -0.2) is 40.5 Å². The number of hydrogen-bond donors (Lipinski definition) is 1. The zero-order valence-electron chi connectivity index (χ0n) is 11.3. The van der Waals surface area contributed by atoms with Crippen molar-refractivity contribution in [3.63, 3.8) is 0 Å². The van der Waals surface area contributed by atoms with Crippen LogP contribution in [0.2, 0.25) is 0 Å². The van der Waals surface area contributed by atoms with Gasteiger partial charge in [-0.2, -0.15) is 0 Å². The number of thioether (sulfide) groups is 1. The van der Waals surface area contributed by atoms with Gasteiger partial charge in [0.1, 0.15) is 0 Å². The Hall–Kier alpha value is -0.510. The van der Waals surface area contributed by atoms with Crippen molar-refractivity contribution in [1.29, 1.82) is 0 Å². The van der Waals surface area contributed by atoms with Crippen LogP contribution in [-0.2, 0) is 0 Å². The first-order valence-corrected chi connectivity index (χ1v) is 7.70. The van der Waals surface area contributed by atoms with Gasteiger partial charge in [-0.05, 0) is 45.4 Å². The van der Waals surface area contributed by atoms with Crippen LogP contribution < -0.4 is 0 Å². The van der Waals surface area contributed by atoms with Crippen molar-refractivity contribution in [2.75, 3.05) is 18.8 Å². The van der Waals surface area contributed by atoms with E-state index in [0.29, 0.717) is 6.04 Å². The molecule has 1 unspecified atom stereocenters. The second kappa shape index (κ2) is 6.09. The minimum Gasteiger partial charge on any atom is -0.389 e. The molecule has 0 spiro atoms. The van der Waals surface area contributed by atoms with Crippen molar-refractivity contribution in [2.24, 2.45) is 0 Å². The fraction of sp³-hybridized carbons (Fsp3) is 0.600. The van der Waals surface area contributed by atoms with Crippen LogP contribution in [0.5, 0.6) is 0 Å². The normalized spacial score (nSPS) is 21.4. The van der Waals surface area contributed by atoms with E-state index in [2.05, 4.69) is 35.2 Å². The van der Waals surface area contributed by atoms with Gasteiger partial charge in [0.25, 0.3) is 0 Å². The number of nitrogens with zero attached hydrogens (tertiary/aromatic N) is 1. The highest BCUT2D eigenvalue weighted by Crippen LogP contribution is 2.27. The average Bonchev–Trinajstić information content (AvgIpc) is 2.78. The molecule has 3 heteroatoms. The van der Waals surface area contributed by atoms with Crippen molar-refractivity contribution in [3.05, 3.63) is 30.3 Å². The lowest BCUT2D eigenvalue weighted by atomic mass is 9.97. The van der Waals surface area contributed by atoms with Crippen molar-refractivity contribution in [3.8, 4) is 0 Å². The fourth-order valence-corrected chi connectivity index (χ4v) is 3.60. The molecule has 1 saturated heterocycles. The molecule has 1 fully saturated rings. The minimum absolute atomic E-state index is 0.328. The molecule has 0 saturated carbocycles. The molecule has 0 bridgehead atoms. The number of likely N-dealkylation sites (tertiary alicyclic amines) is 1. The largest absolute Gasteiger partial charge is 0.389 e. The SMILES string of the molecule is CC(C)(O)C1CCCN1CCSc1ccccc1. The molecule has 0 aromatic heterocycles. The van der Waals surface area contributed by atoms with E-state index in [-0.39, 0.29) is 0 Å². The summed E-state index contributed by atoms with van der Waals surface area (Å²) in [7, 11) is 0. The van der Waals surface area contributed by atoms with Crippen LogP contribution >= 0.6 is 11.8 Å². The molecule has 1 aromatic carbocycles. The quantitative estimate of drug-likeness (QED) is 0.828. The van der Waals surface area contributed by atoms with E-state index in [1.165, 1.54) is 11.3 Å². The van der Waals surface area contributed by atoms with Crippen LogP contribution in [0.4, 0.5) is 0 Å². The third-order valence-electron chi connectivity index (χ3n) is 3.57. The number of rotatable bonds is 5. The molecule has 1 aliphatic rings. The Labute approximate surface area is 114 Å². The topological polar surface area (TPSA) is 23.5 Å². The molecule has 0 radical (unpaired) electrons. The Bertz CT molecular complexity index is 361. The molecule has 1 heterocycles. The third kappa shape index (κ3) is 3.74. The highest BCUT2D eigenvalue weighted by molar-refractivity contribution is 7.99. The molecule has 1 aliphatic heterocycles. The summed E-state index contributed by atoms with van der Waals surface area (Å²) in [6.45, 7) is 6.05. The zero-order valence-corrected chi connectivity index (χ0v) is 12.1. The Morgan fingerprint density at radius 3 is 2.72 bits per heavy atom. The highest BCUT2D eigenvalue weighted by atomic mass is 32.2. The Balaban J connectivity index is 1.80. The molecule has 2 rings (SSSR count). The van der Waals surface area contributed by atoms with Crippen molar-refractivity contribution >= 4 is 11.8 Å². The maximum Gasteiger partial charge on any atom is 0.0746 e. The van der Waals surface area contributed by atoms with Crippen molar-refractivity contribution in [2.45, 2.75) is 43.2 Å². The summed E-state index contributed by atoms with van der Waals surface area (Å²) in [5, 5.41) is 10.2. The zero-order chi connectivity index (χ0) is 13.0. The predicted molar refractivity (Wildman–Crippen MR) is 78.1 cm³/mol. The molecule has 1 N–H and O–H groups in total. The average molecular weight is 265 g/mol. The lowest BCUT2D eigenvalue weighted by molar-refractivity contribution is -0.000269. The Kier molecular flexibility index (Phi) is 4.71. The van der Waals surface area contributed by atoms with E-state index in [9.17, 15) is 5.11 Å². The van der Waals surface area contributed by atoms with E-state index in [1.54, 1.807) is 0 Å². The Morgan fingerprint density at radius 2 is 2.06 bits per heavy atom. The standard InChI is InChI=1S/C15H23NOS/c1-15(2,17)14-9-6-10-16(14)11-12-18-13-7-4-3-5-8-13/h3-5,7-8,14,17H,6,9-12H2,1-2H3. The van der Waals surface area contributed by atoms with E-state index >= 15 is 0 Å². The summed E-state index contributed by atoms with van der Waals surface area (Å²) < 4.78 is 0. The van der Waals surface area contributed by atoms with Crippen molar-refractivity contribution in [1.82, 2.24) is 4.90 Å². The summed E-state index contributed by atoms with van der Waals surface area (Å²) >= 11 is 1.90. The van der Waals surface area contributed by atoms with Gasteiger partial charge in [0.2, 0.25) is 0 Å². The van der Waals surface area contributed by atoms with Crippen LogP contribution in [0.15, 0.2) is 35.2 Å². The Morgan fingerprint density at radius 1 is 1.33 bits per heavy atom. The number of benzene rings is 1. The van der Waals surface area contributed by atoms with Crippen LogP contribution in [0, 0.1) is 0 Å². The van der Waals surface area contributed by atoms with Gasteiger partial charge in [0, 0.05) is 23.2 Å². The second-order valence-corrected chi connectivity index (χ2v) is 6.68. The molecule has 0 amide bonds. The first-order valence-electron chi connectivity index (χ1n) is 6.71.